The predicted molar refractivity (Wildman–Crippen MR) is 51.2 cm³/mol. The SMILES string of the molecule is CC(C)C(=O)[C@H](O)c1cc(F)cc(F)c1. The van der Waals surface area contributed by atoms with Gasteiger partial charge in [0.1, 0.15) is 17.7 Å². The molecular formula is C11H12F2O2. The molecule has 0 aromatic heterocycles. The summed E-state index contributed by atoms with van der Waals surface area (Å²) in [6.07, 6.45) is -1.46. The first-order chi connectivity index (χ1) is 6.91. The zero-order valence-corrected chi connectivity index (χ0v) is 8.50. The molecule has 0 aliphatic rings. The zero-order chi connectivity index (χ0) is 11.6. The fourth-order valence-corrected chi connectivity index (χ4v) is 1.21. The van der Waals surface area contributed by atoms with Crippen LogP contribution in [0.15, 0.2) is 18.2 Å². The molecule has 0 heterocycles. The number of carbonyl (C=O) groups excluding carboxylic acids is 1. The molecule has 4 heteroatoms. The van der Waals surface area contributed by atoms with Gasteiger partial charge in [-0.25, -0.2) is 8.78 Å². The van der Waals surface area contributed by atoms with Crippen molar-refractivity contribution in [1.82, 2.24) is 0 Å². The lowest BCUT2D eigenvalue weighted by molar-refractivity contribution is -0.130. The lowest BCUT2D eigenvalue weighted by Crippen LogP contribution is -2.17. The number of carbonyl (C=O) groups is 1. The van der Waals surface area contributed by atoms with E-state index in [1.54, 1.807) is 13.8 Å². The molecule has 0 unspecified atom stereocenters. The first kappa shape index (κ1) is 11.8. The molecule has 0 fully saturated rings. The molecule has 15 heavy (non-hydrogen) atoms. The Balaban J connectivity index is 3.00. The van der Waals surface area contributed by atoms with Crippen LogP contribution in [0.2, 0.25) is 0 Å². The minimum Gasteiger partial charge on any atom is -0.381 e. The van der Waals surface area contributed by atoms with Crippen molar-refractivity contribution in [1.29, 1.82) is 0 Å². The summed E-state index contributed by atoms with van der Waals surface area (Å²) in [7, 11) is 0. The van der Waals surface area contributed by atoms with Crippen molar-refractivity contribution < 1.29 is 18.7 Å². The number of ketones is 1. The van der Waals surface area contributed by atoms with Gasteiger partial charge in [-0.05, 0) is 17.7 Å². The van der Waals surface area contributed by atoms with Crippen LogP contribution in [0.25, 0.3) is 0 Å². The van der Waals surface area contributed by atoms with E-state index in [-0.39, 0.29) is 11.5 Å². The van der Waals surface area contributed by atoms with Crippen molar-refractivity contribution in [2.45, 2.75) is 20.0 Å². The largest absolute Gasteiger partial charge is 0.381 e. The highest BCUT2D eigenvalue weighted by atomic mass is 19.1. The van der Waals surface area contributed by atoms with Gasteiger partial charge in [-0.1, -0.05) is 13.8 Å². The number of benzene rings is 1. The Hall–Kier alpha value is -1.29. The van der Waals surface area contributed by atoms with Gasteiger partial charge < -0.3 is 5.11 Å². The molecule has 1 aromatic rings. The van der Waals surface area contributed by atoms with Crippen LogP contribution in [0.3, 0.4) is 0 Å². The molecule has 1 aromatic carbocycles. The minimum absolute atomic E-state index is 0.0498. The van der Waals surface area contributed by atoms with Gasteiger partial charge in [0.2, 0.25) is 0 Å². The van der Waals surface area contributed by atoms with E-state index in [0.29, 0.717) is 6.07 Å². The number of aliphatic hydroxyl groups excluding tert-OH is 1. The first-order valence-corrected chi connectivity index (χ1v) is 4.59. The highest BCUT2D eigenvalue weighted by molar-refractivity contribution is 5.85. The van der Waals surface area contributed by atoms with Gasteiger partial charge >= 0.3 is 0 Å². The molecular weight excluding hydrogens is 202 g/mol. The van der Waals surface area contributed by atoms with Gasteiger partial charge in [0.05, 0.1) is 0 Å². The van der Waals surface area contributed by atoms with Crippen molar-refractivity contribution >= 4 is 5.78 Å². The maximum absolute atomic E-state index is 12.8. The standard InChI is InChI=1S/C11H12F2O2/c1-6(2)10(14)11(15)7-3-8(12)5-9(13)4-7/h3-6,11,15H,1-2H3/t11-/m1/s1. The van der Waals surface area contributed by atoms with Crippen LogP contribution in [-0.2, 0) is 4.79 Å². The van der Waals surface area contributed by atoms with Gasteiger partial charge in [-0.2, -0.15) is 0 Å². The quantitative estimate of drug-likeness (QED) is 0.837. The van der Waals surface area contributed by atoms with Crippen LogP contribution in [0.4, 0.5) is 8.78 Å². The number of halogens is 2. The maximum Gasteiger partial charge on any atom is 0.168 e. The lowest BCUT2D eigenvalue weighted by atomic mass is 9.98. The van der Waals surface area contributed by atoms with Gasteiger partial charge in [0.25, 0.3) is 0 Å². The third-order valence-electron chi connectivity index (χ3n) is 2.04. The Morgan fingerprint density at radius 2 is 1.67 bits per heavy atom. The average Bonchev–Trinajstić information content (AvgIpc) is 2.13. The summed E-state index contributed by atoms with van der Waals surface area (Å²) < 4.78 is 25.6. The van der Waals surface area contributed by atoms with E-state index in [2.05, 4.69) is 0 Å². The number of Topliss-reactive ketones (excluding diaryl/α,β-unsaturated/α-hetero) is 1. The molecule has 0 amide bonds. The van der Waals surface area contributed by atoms with E-state index in [4.69, 9.17) is 0 Å². The van der Waals surface area contributed by atoms with Crippen LogP contribution >= 0.6 is 0 Å². The third-order valence-corrected chi connectivity index (χ3v) is 2.04. The fraction of sp³-hybridized carbons (Fsp3) is 0.364. The highest BCUT2D eigenvalue weighted by Gasteiger charge is 2.21. The number of aliphatic hydroxyl groups is 1. The van der Waals surface area contributed by atoms with E-state index < -0.39 is 23.5 Å². The molecule has 0 aliphatic carbocycles. The van der Waals surface area contributed by atoms with E-state index in [1.165, 1.54) is 0 Å². The minimum atomic E-state index is -1.46. The van der Waals surface area contributed by atoms with E-state index in [1.807, 2.05) is 0 Å². The van der Waals surface area contributed by atoms with Gasteiger partial charge in [0.15, 0.2) is 5.78 Å². The van der Waals surface area contributed by atoms with Crippen LogP contribution < -0.4 is 0 Å². The van der Waals surface area contributed by atoms with E-state index >= 15 is 0 Å². The Kier molecular flexibility index (Phi) is 3.52. The Labute approximate surface area is 86.5 Å². The molecule has 82 valence electrons. The molecule has 1 atom stereocenters. The molecule has 0 aliphatic heterocycles. The summed E-state index contributed by atoms with van der Waals surface area (Å²) in [6, 6.07) is 2.60. The summed E-state index contributed by atoms with van der Waals surface area (Å²) >= 11 is 0. The van der Waals surface area contributed by atoms with Crippen molar-refractivity contribution in [2.75, 3.05) is 0 Å². The molecule has 0 radical (unpaired) electrons. The average molecular weight is 214 g/mol. The van der Waals surface area contributed by atoms with Crippen molar-refractivity contribution in [2.24, 2.45) is 5.92 Å². The Morgan fingerprint density at radius 3 is 2.07 bits per heavy atom. The van der Waals surface area contributed by atoms with Crippen molar-refractivity contribution in [3.05, 3.63) is 35.4 Å². The van der Waals surface area contributed by atoms with Gasteiger partial charge in [-0.15, -0.1) is 0 Å². The summed E-state index contributed by atoms with van der Waals surface area (Å²) in [6.45, 7) is 3.22. The number of hydrogen-bond acceptors (Lipinski definition) is 2. The topological polar surface area (TPSA) is 37.3 Å². The Bertz CT molecular complexity index is 355. The van der Waals surface area contributed by atoms with Crippen LogP contribution in [0.5, 0.6) is 0 Å². The smallest absolute Gasteiger partial charge is 0.168 e. The van der Waals surface area contributed by atoms with Gasteiger partial charge in [0, 0.05) is 12.0 Å². The van der Waals surface area contributed by atoms with Crippen molar-refractivity contribution in [3.63, 3.8) is 0 Å². The number of rotatable bonds is 3. The molecule has 2 nitrogen and oxygen atoms in total. The second kappa shape index (κ2) is 4.49. The second-order valence-corrected chi connectivity index (χ2v) is 3.66. The highest BCUT2D eigenvalue weighted by Crippen LogP contribution is 2.19. The molecule has 1 N–H and O–H groups in total. The van der Waals surface area contributed by atoms with Gasteiger partial charge in [-0.3, -0.25) is 4.79 Å². The third kappa shape index (κ3) is 2.83. The summed E-state index contributed by atoms with van der Waals surface area (Å²) in [5.74, 6) is -2.45. The van der Waals surface area contributed by atoms with E-state index in [9.17, 15) is 18.7 Å². The predicted octanol–water partition coefficient (Wildman–Crippen LogP) is 2.22. The van der Waals surface area contributed by atoms with E-state index in [0.717, 1.165) is 12.1 Å². The monoisotopic (exact) mass is 214 g/mol. The normalized spacial score (nSPS) is 12.9. The van der Waals surface area contributed by atoms with Crippen LogP contribution in [0.1, 0.15) is 25.5 Å². The molecule has 0 saturated carbocycles. The molecule has 1 rings (SSSR count). The summed E-state index contributed by atoms with van der Waals surface area (Å²) in [4.78, 5) is 11.4. The Morgan fingerprint density at radius 1 is 1.20 bits per heavy atom. The second-order valence-electron chi connectivity index (χ2n) is 3.66. The summed E-state index contributed by atoms with van der Waals surface area (Å²) in [5, 5.41) is 9.53. The molecule has 0 spiro atoms. The zero-order valence-electron chi connectivity index (χ0n) is 8.50. The maximum atomic E-state index is 12.8. The molecule has 0 saturated heterocycles. The fourth-order valence-electron chi connectivity index (χ4n) is 1.21. The van der Waals surface area contributed by atoms with Crippen molar-refractivity contribution in [3.8, 4) is 0 Å². The first-order valence-electron chi connectivity index (χ1n) is 4.59. The lowest BCUT2D eigenvalue weighted by Gasteiger charge is -2.12. The summed E-state index contributed by atoms with van der Waals surface area (Å²) in [5.41, 5.74) is -0.0498. The van der Waals surface area contributed by atoms with Crippen LogP contribution in [-0.4, -0.2) is 10.9 Å². The number of hydrogen-bond donors (Lipinski definition) is 1. The van der Waals surface area contributed by atoms with Crippen LogP contribution in [0, 0.1) is 17.6 Å². The molecule has 0 bridgehead atoms.